The summed E-state index contributed by atoms with van der Waals surface area (Å²) < 4.78 is 79.5. The van der Waals surface area contributed by atoms with E-state index in [9.17, 15) is 26.3 Å². The Labute approximate surface area is 316 Å². The molecule has 286 valence electrons. The molecule has 0 bridgehead atoms. The number of hydrogen-bond donors (Lipinski definition) is 0. The molecule has 0 aliphatic heterocycles. The highest BCUT2D eigenvalue weighted by molar-refractivity contribution is 5.65. The monoisotopic (exact) mass is 742 g/mol. The molecule has 6 heteroatoms. The SMILES string of the molecule is C1CC2(C1)CCC2.CC1CC2(C1)CC(c1ccc(-c3cc(F)c(F)c(F)c3)cc1)C2.CCC1CC2(C1)CC(c1ccc(-c3cc(F)c(F)c(F)c3)cc1)C2. The third-order valence-corrected chi connectivity index (χ3v) is 14.5. The van der Waals surface area contributed by atoms with Crippen molar-refractivity contribution >= 4 is 0 Å². The van der Waals surface area contributed by atoms with E-state index in [4.69, 9.17) is 0 Å². The molecule has 0 atom stereocenters. The zero-order chi connectivity index (χ0) is 37.8. The summed E-state index contributed by atoms with van der Waals surface area (Å²) in [6, 6.07) is 19.8. The van der Waals surface area contributed by atoms with Crippen molar-refractivity contribution in [1.82, 2.24) is 0 Å². The van der Waals surface area contributed by atoms with Crippen molar-refractivity contribution in [3.8, 4) is 22.3 Å². The van der Waals surface area contributed by atoms with Crippen molar-refractivity contribution in [1.29, 1.82) is 0 Å². The standard InChI is InChI=1S/C21H21F3.C20H19F3.C7H12/c1-2-13-9-21(10-13)11-17(12-21)15-5-3-14(4-6-15)16-7-18(22)20(24)19(23)8-16;1-12-8-20(9-12)10-16(11-20)14-4-2-13(3-5-14)15-6-17(21)19(23)18(22)7-15;1-3-7(4-1)5-2-6-7/h3-8,13,17H,2,9-12H2,1H3;2-7,12,16H,8-11H2,1H3;1-6H2. The molecule has 0 unspecified atom stereocenters. The van der Waals surface area contributed by atoms with Crippen molar-refractivity contribution in [3.63, 3.8) is 0 Å². The second kappa shape index (κ2) is 14.5. The summed E-state index contributed by atoms with van der Waals surface area (Å²) in [6.45, 7) is 4.59. The number of halogens is 6. The van der Waals surface area contributed by atoms with Crippen LogP contribution in [0.4, 0.5) is 26.3 Å². The van der Waals surface area contributed by atoms with Gasteiger partial charge in [-0.05, 0) is 175 Å². The molecule has 6 aliphatic rings. The fourth-order valence-corrected chi connectivity index (χ4v) is 11.2. The van der Waals surface area contributed by atoms with Crippen molar-refractivity contribution in [2.24, 2.45) is 28.1 Å². The van der Waals surface area contributed by atoms with Crippen molar-refractivity contribution in [3.05, 3.63) is 119 Å². The largest absolute Gasteiger partial charge is 0.204 e. The van der Waals surface area contributed by atoms with E-state index >= 15 is 0 Å². The van der Waals surface area contributed by atoms with Crippen LogP contribution in [0.1, 0.15) is 133 Å². The normalized spacial score (nSPS) is 29.6. The summed E-state index contributed by atoms with van der Waals surface area (Å²) in [7, 11) is 0. The highest BCUT2D eigenvalue weighted by Crippen LogP contribution is 2.65. The Kier molecular flexibility index (Phi) is 10.0. The zero-order valence-electron chi connectivity index (χ0n) is 31.6. The fraction of sp³-hybridized carbons (Fsp3) is 0.500. The maximum atomic E-state index is 13.4. The average Bonchev–Trinajstić information content (AvgIpc) is 3.05. The number of benzene rings is 4. The van der Waals surface area contributed by atoms with E-state index in [1.165, 1.54) is 81.8 Å². The van der Waals surface area contributed by atoms with E-state index < -0.39 is 34.9 Å². The number of rotatable bonds is 5. The lowest BCUT2D eigenvalue weighted by molar-refractivity contribution is -0.0427. The van der Waals surface area contributed by atoms with Gasteiger partial charge in [-0.15, -0.1) is 0 Å². The van der Waals surface area contributed by atoms with Gasteiger partial charge in [0.25, 0.3) is 0 Å². The van der Waals surface area contributed by atoms with Gasteiger partial charge in [0.05, 0.1) is 0 Å². The van der Waals surface area contributed by atoms with Crippen LogP contribution in [-0.4, -0.2) is 0 Å². The van der Waals surface area contributed by atoms with Crippen molar-refractivity contribution < 1.29 is 26.3 Å². The van der Waals surface area contributed by atoms with Gasteiger partial charge < -0.3 is 0 Å². The summed E-state index contributed by atoms with van der Waals surface area (Å²) in [6.07, 6.45) is 21.1. The highest BCUT2D eigenvalue weighted by atomic mass is 19.2. The summed E-state index contributed by atoms with van der Waals surface area (Å²) >= 11 is 0. The second-order valence-electron chi connectivity index (χ2n) is 18.4. The Morgan fingerprint density at radius 1 is 0.463 bits per heavy atom. The molecule has 0 N–H and O–H groups in total. The van der Waals surface area contributed by atoms with E-state index in [-0.39, 0.29) is 0 Å². The third kappa shape index (κ3) is 7.28. The molecule has 54 heavy (non-hydrogen) atoms. The maximum absolute atomic E-state index is 13.4. The summed E-state index contributed by atoms with van der Waals surface area (Å²) in [5.41, 5.74) is 6.89. The third-order valence-electron chi connectivity index (χ3n) is 14.5. The van der Waals surface area contributed by atoms with Crippen LogP contribution in [0.2, 0.25) is 0 Å². The van der Waals surface area contributed by atoms with Crippen LogP contribution in [0, 0.1) is 63.0 Å². The summed E-state index contributed by atoms with van der Waals surface area (Å²) in [5, 5.41) is 0. The Balaban J connectivity index is 0.000000129. The highest BCUT2D eigenvalue weighted by Gasteiger charge is 2.52. The molecule has 0 saturated heterocycles. The van der Waals surface area contributed by atoms with E-state index in [1.807, 2.05) is 48.5 Å². The van der Waals surface area contributed by atoms with Gasteiger partial charge in [0, 0.05) is 0 Å². The molecule has 6 aliphatic carbocycles. The van der Waals surface area contributed by atoms with Crippen LogP contribution in [-0.2, 0) is 0 Å². The Hall–Kier alpha value is -3.54. The lowest BCUT2D eigenvalue weighted by Gasteiger charge is -2.58. The van der Waals surface area contributed by atoms with Gasteiger partial charge in [-0.1, -0.05) is 81.6 Å². The molecule has 6 fully saturated rings. The lowest BCUT2D eigenvalue weighted by Crippen LogP contribution is -2.46. The molecule has 6 saturated carbocycles. The van der Waals surface area contributed by atoms with Crippen LogP contribution in [0.3, 0.4) is 0 Å². The maximum Gasteiger partial charge on any atom is 0.194 e. The molecule has 0 nitrogen and oxygen atoms in total. The first kappa shape index (κ1) is 37.4. The fourth-order valence-electron chi connectivity index (χ4n) is 11.2. The quantitative estimate of drug-likeness (QED) is 0.141. The predicted octanol–water partition coefficient (Wildman–Crippen LogP) is 14.9. The van der Waals surface area contributed by atoms with Crippen LogP contribution in [0.25, 0.3) is 22.3 Å². The van der Waals surface area contributed by atoms with Gasteiger partial charge in [0.1, 0.15) is 0 Å². The van der Waals surface area contributed by atoms with E-state index in [0.29, 0.717) is 44.9 Å². The molecule has 0 heterocycles. The molecular formula is C48H52F6. The first-order valence-corrected chi connectivity index (χ1v) is 20.4. The van der Waals surface area contributed by atoms with Gasteiger partial charge >= 0.3 is 0 Å². The van der Waals surface area contributed by atoms with Crippen LogP contribution in [0.15, 0.2) is 72.8 Å². The molecular weight excluding hydrogens is 691 g/mol. The van der Waals surface area contributed by atoms with Crippen LogP contribution >= 0.6 is 0 Å². The minimum Gasteiger partial charge on any atom is -0.204 e. The van der Waals surface area contributed by atoms with Crippen molar-refractivity contribution in [2.75, 3.05) is 0 Å². The van der Waals surface area contributed by atoms with Gasteiger partial charge in [-0.3, -0.25) is 0 Å². The van der Waals surface area contributed by atoms with E-state index in [2.05, 4.69) is 13.8 Å². The van der Waals surface area contributed by atoms with Crippen LogP contribution in [0.5, 0.6) is 0 Å². The molecule has 0 aromatic heterocycles. The zero-order valence-corrected chi connectivity index (χ0v) is 31.6. The Morgan fingerprint density at radius 2 is 0.815 bits per heavy atom. The minimum atomic E-state index is -1.42. The molecule has 10 rings (SSSR count). The first-order valence-electron chi connectivity index (χ1n) is 20.4. The van der Waals surface area contributed by atoms with Gasteiger partial charge in [0.2, 0.25) is 0 Å². The van der Waals surface area contributed by atoms with Crippen molar-refractivity contribution in [2.45, 2.75) is 122 Å². The van der Waals surface area contributed by atoms with E-state index in [1.54, 1.807) is 25.7 Å². The minimum absolute atomic E-state index is 0.367. The molecule has 0 amide bonds. The predicted molar refractivity (Wildman–Crippen MR) is 204 cm³/mol. The van der Waals surface area contributed by atoms with Gasteiger partial charge in [0.15, 0.2) is 34.9 Å². The Bertz CT molecular complexity index is 1880. The smallest absolute Gasteiger partial charge is 0.194 e. The van der Waals surface area contributed by atoms with Crippen LogP contribution < -0.4 is 0 Å². The second-order valence-corrected chi connectivity index (χ2v) is 18.4. The molecule has 4 aromatic rings. The van der Waals surface area contributed by atoms with E-state index in [0.717, 1.165) is 41.5 Å². The average molecular weight is 743 g/mol. The van der Waals surface area contributed by atoms with Gasteiger partial charge in [-0.2, -0.15) is 0 Å². The summed E-state index contributed by atoms with van der Waals surface area (Å²) in [4.78, 5) is 0. The topological polar surface area (TPSA) is 0 Å². The first-order chi connectivity index (χ1) is 25.9. The Morgan fingerprint density at radius 3 is 1.09 bits per heavy atom. The molecule has 0 radical (unpaired) electrons. The molecule has 4 aromatic carbocycles. The lowest BCUT2D eigenvalue weighted by atomic mass is 9.47. The number of hydrogen-bond acceptors (Lipinski definition) is 0. The molecule has 3 spiro atoms. The summed E-state index contributed by atoms with van der Waals surface area (Å²) in [5.74, 6) is -4.40. The van der Waals surface area contributed by atoms with Gasteiger partial charge in [-0.25, -0.2) is 26.3 Å².